The molecule has 0 saturated carbocycles. The monoisotopic (exact) mass is 995 g/mol. The number of nitrogens with zero attached hydrogens (tertiary/aromatic N) is 1. The molecule has 1 aliphatic heterocycles. The molecule has 2 aromatic rings. The molecule has 390 valence electrons. The number of aromatic hydroxyl groups is 1. The topological polar surface area (TPSA) is 353 Å². The van der Waals surface area contributed by atoms with E-state index >= 15 is 0 Å². The van der Waals surface area contributed by atoms with Crippen LogP contribution in [-0.4, -0.2) is 139 Å². The molecular formula is C49H70N8O14. The van der Waals surface area contributed by atoms with Crippen molar-refractivity contribution >= 4 is 59.3 Å². The third-order valence-corrected chi connectivity index (χ3v) is 12.6. The van der Waals surface area contributed by atoms with Crippen LogP contribution in [0.3, 0.4) is 0 Å². The molecule has 1 aliphatic rings. The van der Waals surface area contributed by atoms with Crippen LogP contribution in [0.5, 0.6) is 5.75 Å². The van der Waals surface area contributed by atoms with Gasteiger partial charge in [-0.3, -0.25) is 43.2 Å². The van der Waals surface area contributed by atoms with Crippen molar-refractivity contribution in [3.8, 4) is 5.75 Å². The number of nitrogens with one attached hydrogen (secondary N) is 6. The van der Waals surface area contributed by atoms with E-state index in [9.17, 15) is 68.4 Å². The maximum Gasteiger partial charge on any atom is 0.326 e. The van der Waals surface area contributed by atoms with Gasteiger partial charge in [0, 0.05) is 25.8 Å². The largest absolute Gasteiger partial charge is 0.508 e. The lowest BCUT2D eigenvalue weighted by molar-refractivity contribution is -0.150. The minimum absolute atomic E-state index is 0.0870. The lowest BCUT2D eigenvalue weighted by Gasteiger charge is -2.32. The highest BCUT2D eigenvalue weighted by Gasteiger charge is 2.41. The van der Waals surface area contributed by atoms with Gasteiger partial charge in [0.25, 0.3) is 0 Å². The second-order valence-corrected chi connectivity index (χ2v) is 18.4. The summed E-state index contributed by atoms with van der Waals surface area (Å²) in [6, 6.07) is 3.22. The average molecular weight is 995 g/mol. The Kier molecular flexibility index (Phi) is 22.9. The summed E-state index contributed by atoms with van der Waals surface area (Å²) in [5, 5.41) is 54.2. The van der Waals surface area contributed by atoms with E-state index in [-0.39, 0.29) is 31.6 Å². The van der Waals surface area contributed by atoms with Gasteiger partial charge < -0.3 is 63.0 Å². The van der Waals surface area contributed by atoms with Gasteiger partial charge in [-0.05, 0) is 60.3 Å². The number of likely N-dealkylation sites (tertiary alicyclic amines) is 1. The number of carboxylic acids is 3. The first-order valence-electron chi connectivity index (χ1n) is 23.8. The summed E-state index contributed by atoms with van der Waals surface area (Å²) in [5.74, 6) is -11.5. The van der Waals surface area contributed by atoms with Gasteiger partial charge in [0.15, 0.2) is 0 Å². The van der Waals surface area contributed by atoms with E-state index in [1.54, 1.807) is 71.9 Å². The number of hydrogen-bond acceptors (Lipinski definition) is 12. The van der Waals surface area contributed by atoms with Gasteiger partial charge in [-0.1, -0.05) is 96.8 Å². The molecule has 2 aromatic carbocycles. The lowest BCUT2D eigenvalue weighted by atomic mass is 9.95. The maximum atomic E-state index is 14.5. The fraction of sp³-hybridized carbons (Fsp3) is 0.551. The van der Waals surface area contributed by atoms with Gasteiger partial charge in [-0.15, -0.1) is 0 Å². The first kappa shape index (κ1) is 58.2. The first-order valence-corrected chi connectivity index (χ1v) is 23.8. The van der Waals surface area contributed by atoms with Gasteiger partial charge in [-0.25, -0.2) is 4.79 Å². The first-order chi connectivity index (χ1) is 33.5. The molecule has 12 N–H and O–H groups in total. The van der Waals surface area contributed by atoms with Crippen molar-refractivity contribution in [2.24, 2.45) is 23.5 Å². The third kappa shape index (κ3) is 18.0. The molecule has 10 atom stereocenters. The fourth-order valence-corrected chi connectivity index (χ4v) is 7.90. The number of rotatable bonds is 28. The zero-order chi connectivity index (χ0) is 53.1. The van der Waals surface area contributed by atoms with Crippen LogP contribution in [-0.2, 0) is 60.8 Å². The summed E-state index contributed by atoms with van der Waals surface area (Å²) in [6.45, 7) is 10.3. The number of benzene rings is 2. The molecule has 22 nitrogen and oxygen atoms in total. The van der Waals surface area contributed by atoms with Crippen molar-refractivity contribution in [2.45, 2.75) is 148 Å². The molecule has 1 saturated heterocycles. The predicted molar refractivity (Wildman–Crippen MR) is 257 cm³/mol. The number of hydrogen-bond donors (Lipinski definition) is 11. The number of phenolic OH excluding ortho intramolecular Hbond substituents is 1. The normalized spacial score (nSPS) is 17.1. The zero-order valence-electron chi connectivity index (χ0n) is 41.0. The molecule has 71 heavy (non-hydrogen) atoms. The molecule has 0 radical (unpaired) electrons. The summed E-state index contributed by atoms with van der Waals surface area (Å²) in [5.41, 5.74) is 6.78. The fourth-order valence-electron chi connectivity index (χ4n) is 7.90. The number of amides is 7. The van der Waals surface area contributed by atoms with Crippen molar-refractivity contribution in [2.75, 3.05) is 6.54 Å². The van der Waals surface area contributed by atoms with Crippen LogP contribution < -0.4 is 37.6 Å². The Morgan fingerprint density at radius 3 is 1.61 bits per heavy atom. The van der Waals surface area contributed by atoms with E-state index in [1.807, 2.05) is 0 Å². The van der Waals surface area contributed by atoms with E-state index < -0.39 is 145 Å². The Bertz CT molecular complexity index is 2190. The molecule has 0 spiro atoms. The molecule has 3 rings (SSSR count). The number of nitrogens with two attached hydrogens (primary N) is 1. The Morgan fingerprint density at radius 2 is 1.08 bits per heavy atom. The number of carbonyl (C=O) groups is 10. The molecule has 0 aliphatic carbocycles. The number of carbonyl (C=O) groups excluding carboxylic acids is 7. The van der Waals surface area contributed by atoms with Gasteiger partial charge in [-0.2, -0.15) is 0 Å². The molecule has 0 bridgehead atoms. The molecule has 1 heterocycles. The van der Waals surface area contributed by atoms with Crippen LogP contribution >= 0.6 is 0 Å². The molecule has 7 amide bonds. The summed E-state index contributed by atoms with van der Waals surface area (Å²) in [4.78, 5) is 134. The number of carboxylic acid groups (broad SMARTS) is 3. The van der Waals surface area contributed by atoms with E-state index in [4.69, 9.17) is 5.73 Å². The third-order valence-electron chi connectivity index (χ3n) is 12.6. The summed E-state index contributed by atoms with van der Waals surface area (Å²) in [6.07, 6.45) is -0.708. The van der Waals surface area contributed by atoms with Crippen LogP contribution in [0.2, 0.25) is 0 Å². The zero-order valence-corrected chi connectivity index (χ0v) is 41.0. The van der Waals surface area contributed by atoms with Crippen molar-refractivity contribution < 1.29 is 68.4 Å². The molecule has 0 aromatic heterocycles. The Morgan fingerprint density at radius 1 is 0.606 bits per heavy atom. The lowest BCUT2D eigenvalue weighted by Crippen LogP contribution is -2.62. The van der Waals surface area contributed by atoms with Crippen molar-refractivity contribution in [1.29, 1.82) is 0 Å². The highest BCUT2D eigenvalue weighted by Crippen LogP contribution is 2.22. The van der Waals surface area contributed by atoms with Gasteiger partial charge in [0.1, 0.15) is 48.0 Å². The van der Waals surface area contributed by atoms with Crippen LogP contribution in [0.4, 0.5) is 0 Å². The van der Waals surface area contributed by atoms with Gasteiger partial charge in [0.2, 0.25) is 41.4 Å². The summed E-state index contributed by atoms with van der Waals surface area (Å²) >= 11 is 0. The van der Waals surface area contributed by atoms with Gasteiger partial charge >= 0.3 is 17.9 Å². The van der Waals surface area contributed by atoms with E-state index in [0.29, 0.717) is 30.4 Å². The number of phenols is 1. The summed E-state index contributed by atoms with van der Waals surface area (Å²) < 4.78 is 0. The smallest absolute Gasteiger partial charge is 0.326 e. The minimum atomic E-state index is -1.60. The van der Waals surface area contributed by atoms with Crippen molar-refractivity contribution in [3.05, 3.63) is 65.7 Å². The second-order valence-electron chi connectivity index (χ2n) is 18.4. The summed E-state index contributed by atoms with van der Waals surface area (Å²) in [7, 11) is 0. The molecule has 22 heteroatoms. The highest BCUT2D eigenvalue weighted by molar-refractivity contribution is 5.98. The maximum absolute atomic E-state index is 14.5. The quantitative estimate of drug-likeness (QED) is 0.0556. The van der Waals surface area contributed by atoms with Crippen LogP contribution in [0.25, 0.3) is 0 Å². The molecule has 0 unspecified atom stereocenters. The van der Waals surface area contributed by atoms with E-state index in [0.717, 1.165) is 0 Å². The highest BCUT2D eigenvalue weighted by atomic mass is 16.4. The Hall–Kier alpha value is -7.10. The van der Waals surface area contributed by atoms with E-state index in [2.05, 4.69) is 31.9 Å². The van der Waals surface area contributed by atoms with Crippen molar-refractivity contribution in [3.63, 3.8) is 0 Å². The molecule has 1 fully saturated rings. The average Bonchev–Trinajstić information content (AvgIpc) is 3.83. The van der Waals surface area contributed by atoms with E-state index in [1.165, 1.54) is 29.2 Å². The predicted octanol–water partition coefficient (Wildman–Crippen LogP) is 0.577. The van der Waals surface area contributed by atoms with Crippen LogP contribution in [0, 0.1) is 17.8 Å². The second kappa shape index (κ2) is 27.9. The Balaban J connectivity index is 1.97. The SMILES string of the molecule is CC[C@H](C)[C@H](NC(=O)[C@@H](N)CC(=O)O)C(=O)N[C@@H](Cc1ccc(O)cc1)C(=O)N[C@@H](Cc1ccccc1)C(=O)N[C@@H](CCC(=O)O)C(=O)N[C@H](C(=O)N[C@H](C(=O)N1CCC[C@H]1C(=O)O)[C@@H](C)CC)C(C)C. The van der Waals surface area contributed by atoms with Crippen LogP contribution in [0.15, 0.2) is 54.6 Å². The van der Waals surface area contributed by atoms with Crippen LogP contribution in [0.1, 0.15) is 97.6 Å². The Labute approximate surface area is 412 Å². The minimum Gasteiger partial charge on any atom is -0.508 e. The van der Waals surface area contributed by atoms with Crippen molar-refractivity contribution in [1.82, 2.24) is 36.8 Å². The molecular weight excluding hydrogens is 925 g/mol. The van der Waals surface area contributed by atoms with Gasteiger partial charge in [0.05, 0.1) is 12.5 Å². The standard InChI is InChI=1S/C49H70N8O14/c1-7-27(5)40(55-42(63)32(50)25-38(61)62)47(68)53-35(24-30-16-18-31(58)19-17-30)45(66)52-34(23-29-13-10-9-11-14-29)44(65)51-33(20-21-37(59)60)43(64)54-39(26(3)4)46(67)56-41(28(6)8-2)48(69)57-22-12-15-36(57)49(70)71/h9-11,13-14,16-19,26-28,32-36,39-41,58H,7-8,12,15,20-25,50H2,1-6H3,(H,51,65)(H,52,66)(H,53,68)(H,54,64)(H,55,63)(H,56,67)(H,59,60)(H,61,62)(H,70,71)/t27-,28-,32-,33-,34-,35-,36-,39-,40-,41-/m0/s1. The number of aliphatic carboxylic acids is 3.